The zero-order valence-corrected chi connectivity index (χ0v) is 37.8. The highest BCUT2D eigenvalue weighted by Crippen LogP contribution is 2.77. The first-order chi connectivity index (χ1) is 27.6. The van der Waals surface area contributed by atoms with Crippen LogP contribution in [0.4, 0.5) is 0 Å². The monoisotopic (exact) mass is 815 g/mol. The molecule has 59 heavy (non-hydrogen) atoms. The van der Waals surface area contributed by atoms with Gasteiger partial charge in [-0.05, 0) is 142 Å². The molecule has 5 aliphatic rings. The first-order valence-corrected chi connectivity index (χ1v) is 22.2. The normalized spacial score (nSPS) is 33.9. The molecule has 2 aromatic rings. The van der Waals surface area contributed by atoms with Crippen molar-refractivity contribution in [3.8, 4) is 11.6 Å². The molecule has 11 nitrogen and oxygen atoms in total. The van der Waals surface area contributed by atoms with Gasteiger partial charge in [-0.25, -0.2) is 4.98 Å². The maximum absolute atomic E-state index is 14.6. The molecule has 0 bridgehead atoms. The molecule has 0 saturated heterocycles. The van der Waals surface area contributed by atoms with Crippen molar-refractivity contribution in [3.63, 3.8) is 0 Å². The van der Waals surface area contributed by atoms with E-state index >= 15 is 0 Å². The number of rotatable bonds is 11. The van der Waals surface area contributed by atoms with E-state index in [2.05, 4.69) is 63.4 Å². The summed E-state index contributed by atoms with van der Waals surface area (Å²) in [6.07, 6.45) is 9.21. The number of fused-ring (bicyclic) bond motifs is 7. The summed E-state index contributed by atoms with van der Waals surface area (Å²) in [6, 6.07) is 3.67. The van der Waals surface area contributed by atoms with Crippen molar-refractivity contribution < 1.29 is 29.0 Å². The number of likely N-dealkylation sites (N-methyl/N-ethyl adjacent to an activating group) is 1. The number of carboxylic acid groups (broad SMARTS) is 1. The van der Waals surface area contributed by atoms with Crippen molar-refractivity contribution >= 4 is 17.7 Å². The van der Waals surface area contributed by atoms with Crippen molar-refractivity contribution in [1.29, 1.82) is 0 Å². The maximum atomic E-state index is 14.6. The molecule has 0 aromatic carbocycles. The number of hydrogen-bond donors (Lipinski definition) is 2. The molecule has 0 amide bonds. The van der Waals surface area contributed by atoms with Crippen molar-refractivity contribution in [1.82, 2.24) is 19.7 Å². The first-order valence-electron chi connectivity index (χ1n) is 22.2. The second-order valence-electron chi connectivity index (χ2n) is 21.4. The standard InChI is InChI=1S/C48H70N4O7/c1-28(2)38-32(53)25-48(40-29(3)41(55)52(51(40)24-23-49-11)36-16-13-30(58-12)27-50-36)22-21-46(9)31(39(38)48)14-15-34-45(8)19-18-35(59-37(54)26-43(4,5)42(56)57)44(6,7)33(45)17-20-47(34,46)10/h13,16,27-28,31,33-35,49H,14-15,17-26H2,1-12H3,(H,56,57)/t31-,33+,34-,35+,45+,46-,47-,48-/m1/s1. The molecule has 324 valence electrons. The van der Waals surface area contributed by atoms with Crippen LogP contribution in [0.3, 0.4) is 0 Å². The Hall–Kier alpha value is -3.73. The molecule has 4 saturated carbocycles. The van der Waals surface area contributed by atoms with E-state index < -0.39 is 22.8 Å². The van der Waals surface area contributed by atoms with E-state index in [9.17, 15) is 24.3 Å². The van der Waals surface area contributed by atoms with E-state index in [4.69, 9.17) is 9.47 Å². The number of esters is 1. The highest BCUT2D eigenvalue weighted by Gasteiger charge is 2.71. The first kappa shape index (κ1) is 43.4. The lowest BCUT2D eigenvalue weighted by Gasteiger charge is -2.72. The summed E-state index contributed by atoms with van der Waals surface area (Å²) in [4.78, 5) is 58.9. The van der Waals surface area contributed by atoms with Crippen LogP contribution in [0, 0.1) is 57.7 Å². The van der Waals surface area contributed by atoms with E-state index in [1.54, 1.807) is 31.8 Å². The number of nitrogens with zero attached hydrogens (tertiary/aromatic N) is 3. The minimum atomic E-state index is -1.18. The van der Waals surface area contributed by atoms with E-state index in [0.29, 0.717) is 48.5 Å². The minimum Gasteiger partial charge on any atom is -0.495 e. The molecule has 11 heteroatoms. The average molecular weight is 815 g/mol. The fraction of sp³-hybridized carbons (Fsp3) is 0.729. The van der Waals surface area contributed by atoms with Gasteiger partial charge in [-0.2, -0.15) is 4.68 Å². The number of ketones is 1. The van der Waals surface area contributed by atoms with Crippen LogP contribution in [-0.4, -0.2) is 64.0 Å². The number of pyridine rings is 1. The number of methoxy groups -OCH3 is 1. The molecule has 0 unspecified atom stereocenters. The Bertz CT molecular complexity index is 2110. The number of nitrogens with one attached hydrogen (secondary N) is 1. The Morgan fingerprint density at radius 1 is 0.983 bits per heavy atom. The van der Waals surface area contributed by atoms with Gasteiger partial charge in [0, 0.05) is 29.4 Å². The van der Waals surface area contributed by atoms with Gasteiger partial charge >= 0.3 is 11.9 Å². The van der Waals surface area contributed by atoms with E-state index in [1.165, 1.54) is 5.57 Å². The molecule has 7 rings (SSSR count). The average Bonchev–Trinajstić information content (AvgIpc) is 3.61. The summed E-state index contributed by atoms with van der Waals surface area (Å²) < 4.78 is 15.5. The third kappa shape index (κ3) is 6.31. The number of Topliss-reactive ketones (excluding diaryl/α,β-unsaturated/α-hetero) is 1. The van der Waals surface area contributed by atoms with Gasteiger partial charge in [0.15, 0.2) is 11.6 Å². The second kappa shape index (κ2) is 14.7. The summed E-state index contributed by atoms with van der Waals surface area (Å²) in [5.74, 6) is 0.989. The fourth-order valence-corrected chi connectivity index (χ4v) is 14.3. The summed E-state index contributed by atoms with van der Waals surface area (Å²) in [7, 11) is 3.53. The zero-order valence-electron chi connectivity index (χ0n) is 37.8. The van der Waals surface area contributed by atoms with Gasteiger partial charge in [0.2, 0.25) is 0 Å². The molecule has 2 heterocycles. The smallest absolute Gasteiger partial charge is 0.309 e. The Morgan fingerprint density at radius 2 is 1.69 bits per heavy atom. The molecule has 4 fully saturated rings. The topological polar surface area (TPSA) is 142 Å². The fourth-order valence-electron chi connectivity index (χ4n) is 14.3. The molecule has 0 aliphatic heterocycles. The Labute approximate surface area is 351 Å². The SMILES string of the molecule is CNCCn1c([C@@]23CC[C@]4(C)[C@H](CC[C@@H]5[C@@]6(C)CC[C@H](OC(=O)CC(C)(C)C(=O)O)C(C)(C)[C@@H]6CC[C@]54C)C2=C(C(C)C)C(=O)C3)c(C)c(=O)n1-c1ccc(OC)cn1. The summed E-state index contributed by atoms with van der Waals surface area (Å²) in [5, 5.41) is 13.0. The van der Waals surface area contributed by atoms with Crippen molar-refractivity contribution in [3.05, 3.63) is 51.1 Å². The third-order valence-electron chi connectivity index (χ3n) is 17.4. The predicted octanol–water partition coefficient (Wildman–Crippen LogP) is 8.22. The van der Waals surface area contributed by atoms with Crippen LogP contribution in [0.25, 0.3) is 5.82 Å². The van der Waals surface area contributed by atoms with Crippen molar-refractivity contribution in [2.75, 3.05) is 20.7 Å². The quantitative estimate of drug-likeness (QED) is 0.215. The summed E-state index contributed by atoms with van der Waals surface area (Å²) in [5.41, 5.74) is 1.76. The van der Waals surface area contributed by atoms with Gasteiger partial charge < -0.3 is 19.9 Å². The molecule has 2 N–H and O–H groups in total. The number of hydrogen-bond acceptors (Lipinski definition) is 8. The van der Waals surface area contributed by atoms with Crippen LogP contribution >= 0.6 is 0 Å². The van der Waals surface area contributed by atoms with Gasteiger partial charge in [0.1, 0.15) is 11.9 Å². The predicted molar refractivity (Wildman–Crippen MR) is 228 cm³/mol. The highest BCUT2D eigenvalue weighted by molar-refractivity contribution is 6.02. The number of carbonyl (C=O) groups is 3. The Kier molecular flexibility index (Phi) is 10.8. The largest absolute Gasteiger partial charge is 0.495 e. The molecule has 8 atom stereocenters. The third-order valence-corrected chi connectivity index (χ3v) is 17.4. The molecule has 2 aromatic heterocycles. The zero-order chi connectivity index (χ0) is 43.2. The summed E-state index contributed by atoms with van der Waals surface area (Å²) >= 11 is 0. The van der Waals surface area contributed by atoms with E-state index in [-0.39, 0.29) is 57.4 Å². The van der Waals surface area contributed by atoms with Gasteiger partial charge in [-0.15, -0.1) is 0 Å². The van der Waals surface area contributed by atoms with Crippen molar-refractivity contribution in [2.45, 2.75) is 152 Å². The van der Waals surface area contributed by atoms with Crippen LogP contribution in [0.5, 0.6) is 5.75 Å². The van der Waals surface area contributed by atoms with E-state index in [1.807, 2.05) is 26.1 Å². The molecular weight excluding hydrogens is 745 g/mol. The molecule has 0 radical (unpaired) electrons. The van der Waals surface area contributed by atoms with Gasteiger partial charge in [0.25, 0.3) is 5.56 Å². The lowest BCUT2D eigenvalue weighted by atomic mass is 9.33. The summed E-state index contributed by atoms with van der Waals surface area (Å²) in [6.45, 7) is 22.8. The highest BCUT2D eigenvalue weighted by atomic mass is 16.5. The molecule has 0 spiro atoms. The second-order valence-corrected chi connectivity index (χ2v) is 21.4. The van der Waals surface area contributed by atoms with Crippen LogP contribution in [0.1, 0.15) is 138 Å². The minimum absolute atomic E-state index is 0.00104. The number of aliphatic carboxylic acids is 1. The van der Waals surface area contributed by atoms with Gasteiger partial charge in [-0.3, -0.25) is 23.9 Å². The Balaban J connectivity index is 1.28. The van der Waals surface area contributed by atoms with Gasteiger partial charge in [0.05, 0.1) is 37.4 Å². The van der Waals surface area contributed by atoms with Crippen molar-refractivity contribution in [2.24, 2.45) is 50.7 Å². The molecule has 5 aliphatic carbocycles. The maximum Gasteiger partial charge on any atom is 0.309 e. The Morgan fingerprint density at radius 3 is 2.31 bits per heavy atom. The number of aromatic nitrogens is 3. The van der Waals surface area contributed by atoms with Crippen LogP contribution in [0.15, 0.2) is 34.3 Å². The lowest BCUT2D eigenvalue weighted by molar-refractivity contribution is -0.232. The molecular formula is C48H70N4O7. The number of ether oxygens (including phenoxy) is 2. The van der Waals surface area contributed by atoms with Crippen LogP contribution < -0.4 is 15.6 Å². The number of carbonyl (C=O) groups excluding carboxylic acids is 2. The van der Waals surface area contributed by atoms with Crippen LogP contribution in [-0.2, 0) is 31.1 Å². The number of carboxylic acids is 1. The number of allylic oxidation sites excluding steroid dienone is 2. The van der Waals surface area contributed by atoms with E-state index in [0.717, 1.165) is 62.6 Å². The van der Waals surface area contributed by atoms with Gasteiger partial charge in [-0.1, -0.05) is 48.5 Å². The van der Waals surface area contributed by atoms with Crippen LogP contribution in [0.2, 0.25) is 0 Å². The lowest BCUT2D eigenvalue weighted by Crippen LogP contribution is -2.66.